The lowest BCUT2D eigenvalue weighted by atomic mass is 9.87. The first kappa shape index (κ1) is 18.2. The fourth-order valence-electron chi connectivity index (χ4n) is 3.80. The van der Waals surface area contributed by atoms with Crippen LogP contribution < -0.4 is 5.32 Å². The van der Waals surface area contributed by atoms with E-state index in [1.54, 1.807) is 24.3 Å². The predicted molar refractivity (Wildman–Crippen MR) is 105 cm³/mol. The zero-order valence-electron chi connectivity index (χ0n) is 15.0. The predicted octanol–water partition coefficient (Wildman–Crippen LogP) is 2.64. The first-order valence-electron chi connectivity index (χ1n) is 9.18. The number of rotatable bonds is 4. The van der Waals surface area contributed by atoms with Gasteiger partial charge in [-0.05, 0) is 49.5 Å². The second-order valence-corrected chi connectivity index (χ2v) is 8.68. The number of benzene rings is 2. The molecule has 0 amide bonds. The molecule has 0 aliphatic carbocycles. The molecule has 2 aromatic carbocycles. The van der Waals surface area contributed by atoms with Crippen LogP contribution in [-0.4, -0.2) is 43.9 Å². The average molecular weight is 385 g/mol. The molecule has 1 saturated heterocycles. The number of sulfonamides is 1. The third-order valence-electron chi connectivity index (χ3n) is 5.27. The first-order chi connectivity index (χ1) is 13.0. The van der Waals surface area contributed by atoms with Crippen molar-refractivity contribution in [2.24, 2.45) is 10.3 Å². The van der Waals surface area contributed by atoms with Crippen molar-refractivity contribution in [3.8, 4) is 0 Å². The van der Waals surface area contributed by atoms with E-state index in [1.165, 1.54) is 0 Å². The zero-order chi connectivity index (χ0) is 18.9. The van der Waals surface area contributed by atoms with Crippen molar-refractivity contribution in [2.75, 3.05) is 25.0 Å². The van der Waals surface area contributed by atoms with Crippen molar-refractivity contribution in [1.29, 1.82) is 0 Å². The molecule has 0 aromatic heterocycles. The Morgan fingerprint density at radius 1 is 1.07 bits per heavy atom. The summed E-state index contributed by atoms with van der Waals surface area (Å²) < 4.78 is 28.6. The SMILES string of the molecule is O=S1(=O)N=C(CN2CCC(C(O)c3ccccc3)CC2)Nc2ccccc21. The monoisotopic (exact) mass is 385 g/mol. The van der Waals surface area contributed by atoms with Crippen molar-refractivity contribution in [2.45, 2.75) is 23.8 Å². The third-order valence-corrected chi connectivity index (χ3v) is 6.64. The van der Waals surface area contributed by atoms with Crippen molar-refractivity contribution >= 4 is 21.5 Å². The summed E-state index contributed by atoms with van der Waals surface area (Å²) in [4.78, 5) is 2.40. The summed E-state index contributed by atoms with van der Waals surface area (Å²) in [6, 6.07) is 16.6. The molecule has 2 aliphatic heterocycles. The number of anilines is 1. The number of aliphatic hydroxyl groups is 1. The Bertz CT molecular complexity index is 936. The van der Waals surface area contributed by atoms with E-state index in [0.717, 1.165) is 31.5 Å². The molecule has 2 aromatic rings. The molecule has 0 saturated carbocycles. The summed E-state index contributed by atoms with van der Waals surface area (Å²) in [7, 11) is -3.64. The minimum Gasteiger partial charge on any atom is -0.388 e. The summed E-state index contributed by atoms with van der Waals surface area (Å²) in [5.41, 5.74) is 1.54. The molecule has 0 radical (unpaired) electrons. The normalized spacial score (nSPS) is 21.0. The highest BCUT2D eigenvalue weighted by Crippen LogP contribution is 2.31. The highest BCUT2D eigenvalue weighted by Gasteiger charge is 2.29. The molecule has 2 N–H and O–H groups in total. The molecule has 0 bridgehead atoms. The summed E-state index contributed by atoms with van der Waals surface area (Å²) in [6.07, 6.45) is 1.28. The second kappa shape index (κ2) is 7.42. The van der Waals surface area contributed by atoms with Gasteiger partial charge in [-0.1, -0.05) is 42.5 Å². The van der Waals surface area contributed by atoms with Gasteiger partial charge in [0.1, 0.15) is 10.7 Å². The Hall–Kier alpha value is -2.22. The Morgan fingerprint density at radius 2 is 1.74 bits per heavy atom. The Labute approximate surface area is 159 Å². The van der Waals surface area contributed by atoms with Gasteiger partial charge in [0.2, 0.25) is 0 Å². The standard InChI is InChI=1S/C20H23N3O3S/c24-20(15-6-2-1-3-7-15)16-10-12-23(13-11-16)14-19-21-17-8-4-5-9-18(17)27(25,26)22-19/h1-9,16,20,24H,10-14H2,(H,21,22). The molecule has 1 fully saturated rings. The van der Waals surface area contributed by atoms with Crippen LogP contribution in [0, 0.1) is 5.92 Å². The van der Waals surface area contributed by atoms with Gasteiger partial charge in [-0.25, -0.2) is 0 Å². The smallest absolute Gasteiger partial charge is 0.286 e. The summed E-state index contributed by atoms with van der Waals surface area (Å²) in [5.74, 6) is 0.671. The minimum absolute atomic E-state index is 0.217. The molecule has 1 unspecified atom stereocenters. The summed E-state index contributed by atoms with van der Waals surface area (Å²) >= 11 is 0. The van der Waals surface area contributed by atoms with E-state index in [4.69, 9.17) is 0 Å². The van der Waals surface area contributed by atoms with Gasteiger partial charge in [-0.15, -0.1) is 4.40 Å². The van der Waals surface area contributed by atoms with Crippen LogP contribution in [0.4, 0.5) is 5.69 Å². The van der Waals surface area contributed by atoms with E-state index in [1.807, 2.05) is 30.3 Å². The number of hydrogen-bond acceptors (Lipinski definition) is 5. The number of para-hydroxylation sites is 1. The molecule has 6 nitrogen and oxygen atoms in total. The number of nitrogens with zero attached hydrogens (tertiary/aromatic N) is 2. The number of hydrogen-bond donors (Lipinski definition) is 2. The molecule has 27 heavy (non-hydrogen) atoms. The maximum absolute atomic E-state index is 12.3. The lowest BCUT2D eigenvalue weighted by Crippen LogP contribution is -2.41. The summed E-state index contributed by atoms with van der Waals surface area (Å²) in [6.45, 7) is 2.07. The molecular weight excluding hydrogens is 362 g/mol. The van der Waals surface area contributed by atoms with Crippen LogP contribution in [-0.2, 0) is 10.0 Å². The molecule has 2 aliphatic rings. The lowest BCUT2D eigenvalue weighted by molar-refractivity contribution is 0.0631. The lowest BCUT2D eigenvalue weighted by Gasteiger charge is -2.34. The number of piperidine rings is 1. The van der Waals surface area contributed by atoms with Crippen LogP contribution >= 0.6 is 0 Å². The van der Waals surface area contributed by atoms with Crippen LogP contribution in [0.2, 0.25) is 0 Å². The van der Waals surface area contributed by atoms with Gasteiger partial charge < -0.3 is 10.4 Å². The van der Waals surface area contributed by atoms with Gasteiger partial charge in [0.15, 0.2) is 0 Å². The molecule has 7 heteroatoms. The van der Waals surface area contributed by atoms with Crippen LogP contribution in [0.5, 0.6) is 0 Å². The topological polar surface area (TPSA) is 82.0 Å². The van der Waals surface area contributed by atoms with Gasteiger partial charge in [0, 0.05) is 0 Å². The van der Waals surface area contributed by atoms with Gasteiger partial charge in [-0.3, -0.25) is 4.90 Å². The van der Waals surface area contributed by atoms with E-state index in [-0.39, 0.29) is 10.8 Å². The number of amidine groups is 1. The van der Waals surface area contributed by atoms with Crippen LogP contribution in [0.15, 0.2) is 63.9 Å². The number of fused-ring (bicyclic) bond motifs is 1. The first-order valence-corrected chi connectivity index (χ1v) is 10.6. The van der Waals surface area contributed by atoms with E-state index >= 15 is 0 Å². The fraction of sp³-hybridized carbons (Fsp3) is 0.350. The number of likely N-dealkylation sites (tertiary alicyclic amines) is 1. The van der Waals surface area contributed by atoms with Crippen LogP contribution in [0.25, 0.3) is 0 Å². The number of nitrogens with one attached hydrogen (secondary N) is 1. The number of aliphatic hydroxyl groups excluding tert-OH is 1. The Morgan fingerprint density at radius 3 is 2.48 bits per heavy atom. The maximum atomic E-state index is 12.3. The molecule has 1 atom stereocenters. The highest BCUT2D eigenvalue weighted by atomic mass is 32.2. The van der Waals surface area contributed by atoms with Gasteiger partial charge in [0.25, 0.3) is 10.0 Å². The third kappa shape index (κ3) is 3.90. The van der Waals surface area contributed by atoms with Crippen molar-refractivity contribution in [1.82, 2.24) is 4.90 Å². The molecule has 2 heterocycles. The Kier molecular flexibility index (Phi) is 4.99. The maximum Gasteiger partial charge on any atom is 0.286 e. The zero-order valence-corrected chi connectivity index (χ0v) is 15.8. The van der Waals surface area contributed by atoms with Gasteiger partial charge in [-0.2, -0.15) is 8.42 Å². The minimum atomic E-state index is -3.64. The van der Waals surface area contributed by atoms with E-state index in [0.29, 0.717) is 18.1 Å². The largest absolute Gasteiger partial charge is 0.388 e. The van der Waals surface area contributed by atoms with E-state index in [9.17, 15) is 13.5 Å². The summed E-state index contributed by atoms with van der Waals surface area (Å²) in [5, 5.41) is 13.7. The van der Waals surface area contributed by atoms with Gasteiger partial charge >= 0.3 is 0 Å². The fourth-order valence-corrected chi connectivity index (χ4v) is 4.94. The molecule has 0 spiro atoms. The van der Waals surface area contributed by atoms with Crippen molar-refractivity contribution < 1.29 is 13.5 Å². The highest BCUT2D eigenvalue weighted by molar-refractivity contribution is 7.90. The van der Waals surface area contributed by atoms with Crippen molar-refractivity contribution in [3.05, 3.63) is 60.2 Å². The molecular formula is C20H23N3O3S. The molecule has 142 valence electrons. The van der Waals surface area contributed by atoms with Crippen LogP contribution in [0.3, 0.4) is 0 Å². The van der Waals surface area contributed by atoms with Crippen molar-refractivity contribution in [3.63, 3.8) is 0 Å². The average Bonchev–Trinajstić information content (AvgIpc) is 2.68. The van der Waals surface area contributed by atoms with Gasteiger partial charge in [0.05, 0.1) is 18.3 Å². The Balaban J connectivity index is 1.38. The quantitative estimate of drug-likeness (QED) is 0.846. The van der Waals surface area contributed by atoms with E-state index in [2.05, 4.69) is 14.6 Å². The molecule has 4 rings (SSSR count). The van der Waals surface area contributed by atoms with Crippen LogP contribution in [0.1, 0.15) is 24.5 Å². The second-order valence-electron chi connectivity index (χ2n) is 7.10. The van der Waals surface area contributed by atoms with E-state index < -0.39 is 16.1 Å².